The van der Waals surface area contributed by atoms with Gasteiger partial charge >= 0.3 is 0 Å². The van der Waals surface area contributed by atoms with Gasteiger partial charge in [0.2, 0.25) is 5.95 Å². The van der Waals surface area contributed by atoms with E-state index in [2.05, 4.69) is 28.4 Å². The van der Waals surface area contributed by atoms with Gasteiger partial charge in [-0.2, -0.15) is 0 Å². The first kappa shape index (κ1) is 11.1. The molecule has 0 bridgehead atoms. The molecule has 90 valence electrons. The minimum atomic E-state index is 0.459. The van der Waals surface area contributed by atoms with E-state index in [4.69, 9.17) is 5.73 Å². The number of thioether (sulfide) groups is 1. The predicted molar refractivity (Wildman–Crippen MR) is 75.1 cm³/mol. The molecular formula is C13H12N4S. The molecule has 0 aliphatic carbocycles. The van der Waals surface area contributed by atoms with Crippen LogP contribution in [0.4, 0.5) is 5.95 Å². The molecule has 4 nitrogen and oxygen atoms in total. The first-order valence-electron chi connectivity index (χ1n) is 5.53. The topological polar surface area (TPSA) is 56.7 Å². The Hall–Kier alpha value is -2.01. The molecule has 0 radical (unpaired) electrons. The van der Waals surface area contributed by atoms with Crippen LogP contribution in [0.15, 0.2) is 47.5 Å². The second kappa shape index (κ2) is 4.34. The molecule has 18 heavy (non-hydrogen) atoms. The molecule has 0 fully saturated rings. The number of nitrogen functional groups attached to an aromatic ring is 1. The van der Waals surface area contributed by atoms with Gasteiger partial charge in [-0.05, 0) is 42.7 Å². The average Bonchev–Trinajstić information content (AvgIpc) is 2.75. The molecule has 5 heteroatoms. The number of hydrogen-bond donors (Lipinski definition) is 1. The van der Waals surface area contributed by atoms with E-state index in [9.17, 15) is 0 Å². The molecule has 0 amide bonds. The molecule has 0 saturated carbocycles. The number of hydrogen-bond acceptors (Lipinski definition) is 4. The average molecular weight is 256 g/mol. The lowest BCUT2D eigenvalue weighted by Crippen LogP contribution is -2.01. The van der Waals surface area contributed by atoms with Crippen LogP contribution in [-0.2, 0) is 0 Å². The molecule has 0 atom stereocenters. The maximum atomic E-state index is 5.96. The SMILES string of the molecule is CSc1ccc(-n2c(N)nc3cccnc32)cc1. The summed E-state index contributed by atoms with van der Waals surface area (Å²) in [6.45, 7) is 0. The van der Waals surface area contributed by atoms with Crippen molar-refractivity contribution in [3.63, 3.8) is 0 Å². The van der Waals surface area contributed by atoms with E-state index in [-0.39, 0.29) is 0 Å². The molecule has 2 aromatic heterocycles. The molecule has 0 aliphatic rings. The lowest BCUT2D eigenvalue weighted by atomic mass is 10.3. The Labute approximate surface area is 109 Å². The Kier molecular flexibility index (Phi) is 2.68. The standard InChI is InChI=1S/C13H12N4S/c1-18-10-6-4-9(5-7-10)17-12-11(16-13(17)14)3-2-8-15-12/h2-8H,1H3,(H2,14,16). The molecule has 0 spiro atoms. The minimum Gasteiger partial charge on any atom is -0.369 e. The zero-order valence-electron chi connectivity index (χ0n) is 9.87. The molecule has 3 aromatic rings. The van der Waals surface area contributed by atoms with Crippen molar-refractivity contribution in [2.75, 3.05) is 12.0 Å². The highest BCUT2D eigenvalue weighted by molar-refractivity contribution is 7.98. The van der Waals surface area contributed by atoms with Gasteiger partial charge in [-0.15, -0.1) is 11.8 Å². The number of fused-ring (bicyclic) bond motifs is 1. The van der Waals surface area contributed by atoms with Crippen molar-refractivity contribution in [3.05, 3.63) is 42.6 Å². The molecule has 2 N–H and O–H groups in total. The Morgan fingerprint density at radius 1 is 1.17 bits per heavy atom. The van der Waals surface area contributed by atoms with Crippen LogP contribution in [0.5, 0.6) is 0 Å². The Balaban J connectivity index is 2.20. The van der Waals surface area contributed by atoms with Gasteiger partial charge < -0.3 is 5.73 Å². The van der Waals surface area contributed by atoms with Gasteiger partial charge in [0.05, 0.1) is 5.69 Å². The quantitative estimate of drug-likeness (QED) is 0.716. The number of pyridine rings is 1. The van der Waals surface area contributed by atoms with Crippen molar-refractivity contribution in [2.24, 2.45) is 0 Å². The zero-order chi connectivity index (χ0) is 12.5. The first-order valence-corrected chi connectivity index (χ1v) is 6.75. The van der Waals surface area contributed by atoms with Gasteiger partial charge in [0.25, 0.3) is 0 Å². The number of nitrogens with zero attached hydrogens (tertiary/aromatic N) is 3. The highest BCUT2D eigenvalue weighted by Crippen LogP contribution is 2.23. The van der Waals surface area contributed by atoms with E-state index in [1.54, 1.807) is 18.0 Å². The van der Waals surface area contributed by atoms with Gasteiger partial charge in [-0.3, -0.25) is 4.57 Å². The van der Waals surface area contributed by atoms with Crippen molar-refractivity contribution in [3.8, 4) is 5.69 Å². The maximum absolute atomic E-state index is 5.96. The van der Waals surface area contributed by atoms with Gasteiger partial charge in [0.15, 0.2) is 5.65 Å². The Bertz CT molecular complexity index is 688. The van der Waals surface area contributed by atoms with Crippen LogP contribution in [0.25, 0.3) is 16.9 Å². The van der Waals surface area contributed by atoms with Crippen LogP contribution in [0.3, 0.4) is 0 Å². The number of benzene rings is 1. The first-order chi connectivity index (χ1) is 8.79. The summed E-state index contributed by atoms with van der Waals surface area (Å²) in [4.78, 5) is 9.86. The lowest BCUT2D eigenvalue weighted by molar-refractivity contribution is 1.08. The normalized spacial score (nSPS) is 10.9. The smallest absolute Gasteiger partial charge is 0.207 e. The largest absolute Gasteiger partial charge is 0.369 e. The van der Waals surface area contributed by atoms with E-state index >= 15 is 0 Å². The number of aromatic nitrogens is 3. The molecule has 2 heterocycles. The number of anilines is 1. The van der Waals surface area contributed by atoms with Crippen LogP contribution in [0.2, 0.25) is 0 Å². The minimum absolute atomic E-state index is 0.459. The van der Waals surface area contributed by atoms with Gasteiger partial charge in [-0.1, -0.05) is 0 Å². The van der Waals surface area contributed by atoms with E-state index in [1.807, 2.05) is 28.8 Å². The van der Waals surface area contributed by atoms with Crippen molar-refractivity contribution in [1.82, 2.24) is 14.5 Å². The third-order valence-corrected chi connectivity index (χ3v) is 3.52. The van der Waals surface area contributed by atoms with Gasteiger partial charge in [0, 0.05) is 11.1 Å². The second-order valence-corrected chi connectivity index (χ2v) is 4.73. The summed E-state index contributed by atoms with van der Waals surface area (Å²) in [7, 11) is 0. The maximum Gasteiger partial charge on any atom is 0.207 e. The van der Waals surface area contributed by atoms with Gasteiger partial charge in [0.1, 0.15) is 5.52 Å². The van der Waals surface area contributed by atoms with Crippen molar-refractivity contribution in [1.29, 1.82) is 0 Å². The zero-order valence-corrected chi connectivity index (χ0v) is 10.7. The van der Waals surface area contributed by atoms with E-state index in [1.165, 1.54) is 4.90 Å². The molecule has 1 aromatic carbocycles. The van der Waals surface area contributed by atoms with Crippen molar-refractivity contribution < 1.29 is 0 Å². The van der Waals surface area contributed by atoms with Crippen molar-refractivity contribution >= 4 is 28.9 Å². The summed E-state index contributed by atoms with van der Waals surface area (Å²) in [6.07, 6.45) is 3.80. The van der Waals surface area contributed by atoms with Crippen LogP contribution in [0, 0.1) is 0 Å². The molecule has 0 aliphatic heterocycles. The summed E-state index contributed by atoms with van der Waals surface area (Å²) in [6, 6.07) is 11.9. The van der Waals surface area contributed by atoms with Gasteiger partial charge in [-0.25, -0.2) is 9.97 Å². The van der Waals surface area contributed by atoms with E-state index < -0.39 is 0 Å². The number of nitrogens with two attached hydrogens (primary N) is 1. The van der Waals surface area contributed by atoms with Crippen LogP contribution >= 0.6 is 11.8 Å². The van der Waals surface area contributed by atoms with Crippen molar-refractivity contribution in [2.45, 2.75) is 4.90 Å². The fourth-order valence-electron chi connectivity index (χ4n) is 1.92. The fraction of sp³-hybridized carbons (Fsp3) is 0.0769. The number of imidazole rings is 1. The highest BCUT2D eigenvalue weighted by Gasteiger charge is 2.10. The summed E-state index contributed by atoms with van der Waals surface area (Å²) >= 11 is 1.71. The Morgan fingerprint density at radius 3 is 2.67 bits per heavy atom. The fourth-order valence-corrected chi connectivity index (χ4v) is 2.32. The van der Waals surface area contributed by atoms with E-state index in [0.29, 0.717) is 5.95 Å². The molecular weight excluding hydrogens is 244 g/mol. The monoisotopic (exact) mass is 256 g/mol. The van der Waals surface area contributed by atoms with E-state index in [0.717, 1.165) is 16.9 Å². The van der Waals surface area contributed by atoms with Crippen LogP contribution in [-0.4, -0.2) is 20.8 Å². The molecule has 3 rings (SSSR count). The number of rotatable bonds is 2. The van der Waals surface area contributed by atoms with Crippen LogP contribution < -0.4 is 5.73 Å². The van der Waals surface area contributed by atoms with Crippen LogP contribution in [0.1, 0.15) is 0 Å². The summed E-state index contributed by atoms with van der Waals surface area (Å²) < 4.78 is 1.86. The summed E-state index contributed by atoms with van der Waals surface area (Å²) in [5.41, 5.74) is 8.53. The summed E-state index contributed by atoms with van der Waals surface area (Å²) in [5.74, 6) is 0.459. The third kappa shape index (κ3) is 1.73. The second-order valence-electron chi connectivity index (χ2n) is 3.85. The third-order valence-electron chi connectivity index (χ3n) is 2.77. The Morgan fingerprint density at radius 2 is 1.94 bits per heavy atom. The molecule has 0 unspecified atom stereocenters. The molecule has 0 saturated heterocycles. The summed E-state index contributed by atoms with van der Waals surface area (Å²) in [5, 5.41) is 0. The highest BCUT2D eigenvalue weighted by atomic mass is 32.2. The predicted octanol–water partition coefficient (Wildman–Crippen LogP) is 2.72. The lowest BCUT2D eigenvalue weighted by Gasteiger charge is -2.06.